The quantitative estimate of drug-likeness (QED) is 0.703. The number of hydrogen-bond acceptors (Lipinski definition) is 5. The van der Waals surface area contributed by atoms with Crippen LogP contribution in [0.3, 0.4) is 0 Å². The second kappa shape index (κ2) is 3.69. The van der Waals surface area contributed by atoms with E-state index in [0.29, 0.717) is 0 Å². The summed E-state index contributed by atoms with van der Waals surface area (Å²) in [5.74, 6) is -0.495. The molecule has 0 radical (unpaired) electrons. The van der Waals surface area contributed by atoms with Crippen molar-refractivity contribution >= 4 is 15.6 Å². The van der Waals surface area contributed by atoms with E-state index in [-0.39, 0.29) is 5.56 Å². The number of hydrogen-bond donors (Lipinski definition) is 0. The van der Waals surface area contributed by atoms with Crippen LogP contribution in [0.4, 0.5) is 0 Å². The Labute approximate surface area is 88.5 Å². The van der Waals surface area contributed by atoms with E-state index in [1.165, 1.54) is 32.6 Å². The Hall–Kier alpha value is -1.30. The van der Waals surface area contributed by atoms with Crippen LogP contribution in [0.5, 0.6) is 0 Å². The molecule has 0 aliphatic rings. The summed E-state index contributed by atoms with van der Waals surface area (Å²) >= 11 is 0. The SMILES string of the molecule is CC(C)(C(=O)c1cncnc1)S(C)(=O)=O. The summed E-state index contributed by atoms with van der Waals surface area (Å²) in [4.78, 5) is 19.2. The van der Waals surface area contributed by atoms with Crippen molar-refractivity contribution in [1.82, 2.24) is 9.97 Å². The fraction of sp³-hybridized carbons (Fsp3) is 0.444. The predicted octanol–water partition coefficient (Wildman–Crippen LogP) is 0.483. The van der Waals surface area contributed by atoms with E-state index in [0.717, 1.165) is 6.26 Å². The minimum absolute atomic E-state index is 0.202. The molecule has 1 aromatic rings. The van der Waals surface area contributed by atoms with Gasteiger partial charge < -0.3 is 0 Å². The highest BCUT2D eigenvalue weighted by atomic mass is 32.2. The summed E-state index contributed by atoms with van der Waals surface area (Å²) in [6.07, 6.45) is 4.93. The minimum atomic E-state index is -3.45. The molecule has 0 aliphatic heterocycles. The van der Waals surface area contributed by atoms with Crippen molar-refractivity contribution in [3.05, 3.63) is 24.3 Å². The van der Waals surface area contributed by atoms with Crippen LogP contribution in [-0.4, -0.2) is 35.2 Å². The number of nitrogens with zero attached hydrogens (tertiary/aromatic N) is 2. The topological polar surface area (TPSA) is 77.0 Å². The average Bonchev–Trinajstić information content (AvgIpc) is 2.16. The number of rotatable bonds is 3. The third kappa shape index (κ3) is 2.20. The molecule has 82 valence electrons. The van der Waals surface area contributed by atoms with E-state index in [9.17, 15) is 13.2 Å². The first-order chi connectivity index (χ1) is 6.77. The lowest BCUT2D eigenvalue weighted by Gasteiger charge is -2.20. The molecular weight excluding hydrogens is 216 g/mol. The largest absolute Gasteiger partial charge is 0.292 e. The molecule has 0 N–H and O–H groups in total. The summed E-state index contributed by atoms with van der Waals surface area (Å²) in [6.45, 7) is 2.75. The van der Waals surface area contributed by atoms with Gasteiger partial charge in [0, 0.05) is 18.6 Å². The number of sulfone groups is 1. The Kier molecular flexibility index (Phi) is 2.90. The second-order valence-corrected chi connectivity index (χ2v) is 6.30. The highest BCUT2D eigenvalue weighted by Crippen LogP contribution is 2.20. The van der Waals surface area contributed by atoms with E-state index >= 15 is 0 Å². The van der Waals surface area contributed by atoms with E-state index < -0.39 is 20.4 Å². The lowest BCUT2D eigenvalue weighted by atomic mass is 10.0. The molecule has 0 aliphatic carbocycles. The van der Waals surface area contributed by atoms with Gasteiger partial charge in [0.1, 0.15) is 11.1 Å². The van der Waals surface area contributed by atoms with E-state index in [1.54, 1.807) is 0 Å². The molecule has 0 fully saturated rings. The third-order valence-electron chi connectivity index (χ3n) is 2.30. The van der Waals surface area contributed by atoms with Crippen LogP contribution in [0.15, 0.2) is 18.7 Å². The maximum absolute atomic E-state index is 11.9. The van der Waals surface area contributed by atoms with Crippen molar-refractivity contribution in [2.45, 2.75) is 18.6 Å². The first-order valence-corrected chi connectivity index (χ1v) is 6.15. The van der Waals surface area contributed by atoms with Crippen molar-refractivity contribution in [1.29, 1.82) is 0 Å². The molecule has 15 heavy (non-hydrogen) atoms. The van der Waals surface area contributed by atoms with Crippen LogP contribution in [0.25, 0.3) is 0 Å². The Balaban J connectivity index is 3.17. The van der Waals surface area contributed by atoms with Crippen molar-refractivity contribution in [2.75, 3.05) is 6.26 Å². The first kappa shape index (κ1) is 11.8. The first-order valence-electron chi connectivity index (χ1n) is 4.26. The van der Waals surface area contributed by atoms with Gasteiger partial charge in [0.05, 0.1) is 5.56 Å². The molecular formula is C9H12N2O3S. The fourth-order valence-electron chi connectivity index (χ4n) is 0.932. The van der Waals surface area contributed by atoms with Crippen LogP contribution in [0, 0.1) is 0 Å². The van der Waals surface area contributed by atoms with Gasteiger partial charge in [0.25, 0.3) is 0 Å². The highest BCUT2D eigenvalue weighted by Gasteiger charge is 2.38. The Bertz CT molecular complexity index is 465. The normalized spacial score (nSPS) is 12.5. The smallest absolute Gasteiger partial charge is 0.186 e. The van der Waals surface area contributed by atoms with Crippen molar-refractivity contribution in [2.24, 2.45) is 0 Å². The molecule has 0 aromatic carbocycles. The fourth-order valence-corrected chi connectivity index (χ4v) is 1.39. The maximum Gasteiger partial charge on any atom is 0.186 e. The van der Waals surface area contributed by atoms with E-state index in [1.807, 2.05) is 0 Å². The zero-order chi connectivity index (χ0) is 11.7. The molecule has 1 rings (SSSR count). The van der Waals surface area contributed by atoms with Crippen molar-refractivity contribution in [3.63, 3.8) is 0 Å². The molecule has 1 heterocycles. The standard InChI is InChI=1S/C9H12N2O3S/c1-9(2,15(3,13)14)8(12)7-4-10-6-11-5-7/h4-6H,1-3H3. The molecule has 0 spiro atoms. The van der Waals surface area contributed by atoms with Gasteiger partial charge in [-0.25, -0.2) is 18.4 Å². The summed E-state index contributed by atoms with van der Waals surface area (Å²) in [7, 11) is -3.45. The average molecular weight is 228 g/mol. The molecule has 1 aromatic heterocycles. The van der Waals surface area contributed by atoms with Crippen LogP contribution in [0.2, 0.25) is 0 Å². The van der Waals surface area contributed by atoms with Crippen LogP contribution in [-0.2, 0) is 9.84 Å². The molecule has 6 heteroatoms. The van der Waals surface area contributed by atoms with Gasteiger partial charge in [0.2, 0.25) is 0 Å². The molecule has 0 atom stereocenters. The molecule has 0 bridgehead atoms. The zero-order valence-electron chi connectivity index (χ0n) is 8.76. The number of Topliss-reactive ketones (excluding diaryl/α,β-unsaturated/α-hetero) is 1. The molecule has 0 saturated carbocycles. The molecule has 0 unspecified atom stereocenters. The summed E-state index contributed by atoms with van der Waals surface area (Å²) in [6, 6.07) is 0. The summed E-state index contributed by atoms with van der Waals surface area (Å²) in [5.41, 5.74) is 0.202. The van der Waals surface area contributed by atoms with Gasteiger partial charge in [0.15, 0.2) is 15.6 Å². The molecule has 5 nitrogen and oxygen atoms in total. The van der Waals surface area contributed by atoms with E-state index in [4.69, 9.17) is 0 Å². The Morgan fingerprint density at radius 3 is 2.13 bits per heavy atom. The lowest BCUT2D eigenvalue weighted by molar-refractivity contribution is 0.0953. The van der Waals surface area contributed by atoms with Crippen LogP contribution in [0.1, 0.15) is 24.2 Å². The monoisotopic (exact) mass is 228 g/mol. The van der Waals surface area contributed by atoms with Crippen molar-refractivity contribution in [3.8, 4) is 0 Å². The molecule has 0 amide bonds. The van der Waals surface area contributed by atoms with Crippen LogP contribution >= 0.6 is 0 Å². The minimum Gasteiger partial charge on any atom is -0.292 e. The second-order valence-electron chi connectivity index (χ2n) is 3.74. The number of ketones is 1. The number of aromatic nitrogens is 2. The number of carbonyl (C=O) groups is 1. The van der Waals surface area contributed by atoms with Gasteiger partial charge in [-0.2, -0.15) is 0 Å². The third-order valence-corrected chi connectivity index (χ3v) is 4.34. The summed E-state index contributed by atoms with van der Waals surface area (Å²) < 4.78 is 21.4. The zero-order valence-corrected chi connectivity index (χ0v) is 9.58. The maximum atomic E-state index is 11.9. The van der Waals surface area contributed by atoms with Gasteiger partial charge in [-0.3, -0.25) is 4.79 Å². The highest BCUT2D eigenvalue weighted by molar-refractivity contribution is 7.92. The number of carbonyl (C=O) groups excluding carboxylic acids is 1. The van der Waals surface area contributed by atoms with Crippen LogP contribution < -0.4 is 0 Å². The predicted molar refractivity (Wildman–Crippen MR) is 55.3 cm³/mol. The molecule has 0 saturated heterocycles. The van der Waals surface area contributed by atoms with Crippen molar-refractivity contribution < 1.29 is 13.2 Å². The van der Waals surface area contributed by atoms with E-state index in [2.05, 4.69) is 9.97 Å². The van der Waals surface area contributed by atoms with Gasteiger partial charge in [-0.05, 0) is 13.8 Å². The lowest BCUT2D eigenvalue weighted by Crippen LogP contribution is -2.40. The van der Waals surface area contributed by atoms with Gasteiger partial charge in [-0.1, -0.05) is 0 Å². The van der Waals surface area contributed by atoms with Gasteiger partial charge in [-0.15, -0.1) is 0 Å². The Morgan fingerprint density at radius 2 is 1.73 bits per heavy atom. The van der Waals surface area contributed by atoms with Gasteiger partial charge >= 0.3 is 0 Å². The Morgan fingerprint density at radius 1 is 1.27 bits per heavy atom. The summed E-state index contributed by atoms with van der Waals surface area (Å²) in [5, 5.41) is 0.